The van der Waals surface area contributed by atoms with Crippen LogP contribution >= 0.6 is 0 Å². The first-order chi connectivity index (χ1) is 7.38. The first-order valence-electron chi connectivity index (χ1n) is 5.83. The Bertz CT molecular complexity index is 268. The van der Waals surface area contributed by atoms with Crippen LogP contribution in [0.5, 0.6) is 0 Å². The van der Waals surface area contributed by atoms with Crippen LogP contribution in [0.15, 0.2) is 0 Å². The zero-order chi connectivity index (χ0) is 12.8. The lowest BCUT2D eigenvalue weighted by atomic mass is 10.0. The summed E-state index contributed by atoms with van der Waals surface area (Å²) >= 11 is 0. The Morgan fingerprint density at radius 1 is 1.50 bits per heavy atom. The summed E-state index contributed by atoms with van der Waals surface area (Å²) < 4.78 is 0. The van der Waals surface area contributed by atoms with Gasteiger partial charge >= 0.3 is 0 Å². The molecule has 1 unspecified atom stereocenters. The largest absolute Gasteiger partial charge is 0.340 e. The lowest BCUT2D eigenvalue weighted by Crippen LogP contribution is -2.54. The van der Waals surface area contributed by atoms with Crippen LogP contribution in [0.25, 0.3) is 0 Å². The van der Waals surface area contributed by atoms with Gasteiger partial charge in [0.25, 0.3) is 0 Å². The van der Waals surface area contributed by atoms with Gasteiger partial charge in [-0.05, 0) is 34.2 Å². The number of hydrogen-bond acceptors (Lipinski definition) is 3. The van der Waals surface area contributed by atoms with Gasteiger partial charge < -0.3 is 10.2 Å². The quantitative estimate of drug-likeness (QED) is 0.743. The molecule has 0 aromatic rings. The zero-order valence-electron chi connectivity index (χ0n) is 11.0. The minimum Gasteiger partial charge on any atom is -0.340 e. The van der Waals surface area contributed by atoms with Crippen molar-refractivity contribution in [2.45, 2.75) is 40.2 Å². The maximum Gasteiger partial charge on any atom is 0.242 e. The van der Waals surface area contributed by atoms with Crippen molar-refractivity contribution in [2.75, 3.05) is 19.6 Å². The third kappa shape index (κ3) is 4.19. The number of likely N-dealkylation sites (N-methyl/N-ethyl adjacent to an activating group) is 2. The SMILES string of the molecule is CCNC(C)(C)C(=O)N(CC)CC(C)C#N. The van der Waals surface area contributed by atoms with Crippen molar-refractivity contribution < 1.29 is 4.79 Å². The van der Waals surface area contributed by atoms with Crippen LogP contribution in [0, 0.1) is 17.2 Å². The molecule has 4 heteroatoms. The van der Waals surface area contributed by atoms with E-state index in [0.717, 1.165) is 6.54 Å². The number of hydrogen-bond donors (Lipinski definition) is 1. The zero-order valence-corrected chi connectivity index (χ0v) is 11.0. The van der Waals surface area contributed by atoms with Crippen molar-refractivity contribution >= 4 is 5.91 Å². The highest BCUT2D eigenvalue weighted by Crippen LogP contribution is 2.10. The number of rotatable bonds is 6. The number of amides is 1. The van der Waals surface area contributed by atoms with Gasteiger partial charge in [-0.1, -0.05) is 6.92 Å². The monoisotopic (exact) mass is 225 g/mol. The number of carbonyl (C=O) groups is 1. The molecule has 1 N–H and O–H groups in total. The molecule has 0 aromatic carbocycles. The summed E-state index contributed by atoms with van der Waals surface area (Å²) in [5.74, 6) is -0.0692. The topological polar surface area (TPSA) is 56.1 Å². The van der Waals surface area contributed by atoms with Gasteiger partial charge in [-0.15, -0.1) is 0 Å². The summed E-state index contributed by atoms with van der Waals surface area (Å²) in [6, 6.07) is 2.15. The van der Waals surface area contributed by atoms with Gasteiger partial charge in [0.15, 0.2) is 0 Å². The van der Waals surface area contributed by atoms with E-state index in [1.807, 2.05) is 34.6 Å². The Morgan fingerprint density at radius 3 is 2.44 bits per heavy atom. The van der Waals surface area contributed by atoms with E-state index in [1.165, 1.54) is 0 Å². The molecule has 0 aliphatic carbocycles. The molecule has 0 fully saturated rings. The first kappa shape index (κ1) is 14.9. The molecule has 4 nitrogen and oxygen atoms in total. The molecule has 0 aliphatic heterocycles. The fraction of sp³-hybridized carbons (Fsp3) is 0.833. The normalized spacial score (nSPS) is 13.0. The number of carbonyl (C=O) groups excluding carboxylic acids is 1. The second kappa shape index (κ2) is 6.49. The van der Waals surface area contributed by atoms with Gasteiger partial charge in [0.2, 0.25) is 5.91 Å². The molecule has 0 aromatic heterocycles. The Hall–Kier alpha value is -1.08. The third-order valence-corrected chi connectivity index (χ3v) is 2.54. The fourth-order valence-corrected chi connectivity index (χ4v) is 1.64. The average Bonchev–Trinajstić information content (AvgIpc) is 2.24. The molecule has 16 heavy (non-hydrogen) atoms. The van der Waals surface area contributed by atoms with Crippen molar-refractivity contribution in [1.82, 2.24) is 10.2 Å². The Labute approximate surface area is 98.6 Å². The van der Waals surface area contributed by atoms with Crippen molar-refractivity contribution in [2.24, 2.45) is 5.92 Å². The van der Waals surface area contributed by atoms with Crippen LogP contribution in [0.4, 0.5) is 0 Å². The Kier molecular flexibility index (Phi) is 6.05. The maximum atomic E-state index is 12.2. The highest BCUT2D eigenvalue weighted by Gasteiger charge is 2.30. The molecule has 0 aliphatic rings. The van der Waals surface area contributed by atoms with Gasteiger partial charge in [-0.2, -0.15) is 5.26 Å². The molecule has 1 atom stereocenters. The second-order valence-corrected chi connectivity index (χ2v) is 4.53. The Morgan fingerprint density at radius 2 is 2.06 bits per heavy atom. The lowest BCUT2D eigenvalue weighted by molar-refractivity contribution is -0.137. The lowest BCUT2D eigenvalue weighted by Gasteiger charge is -2.32. The maximum absolute atomic E-state index is 12.2. The van der Waals surface area contributed by atoms with Gasteiger partial charge in [0, 0.05) is 13.1 Å². The van der Waals surface area contributed by atoms with E-state index in [1.54, 1.807) is 4.90 Å². The molecule has 0 heterocycles. The molecule has 1 amide bonds. The second-order valence-electron chi connectivity index (χ2n) is 4.53. The Balaban J connectivity index is 4.59. The summed E-state index contributed by atoms with van der Waals surface area (Å²) in [7, 11) is 0. The highest BCUT2D eigenvalue weighted by atomic mass is 16.2. The summed E-state index contributed by atoms with van der Waals surface area (Å²) in [6.45, 7) is 11.4. The predicted octanol–water partition coefficient (Wildman–Crippen LogP) is 1.38. The van der Waals surface area contributed by atoms with Crippen molar-refractivity contribution in [3.8, 4) is 6.07 Å². The van der Waals surface area contributed by atoms with Gasteiger partial charge in [-0.25, -0.2) is 0 Å². The van der Waals surface area contributed by atoms with Gasteiger partial charge in [-0.3, -0.25) is 4.79 Å². The minimum atomic E-state index is -0.556. The molecule has 0 spiro atoms. The van der Waals surface area contributed by atoms with Crippen LogP contribution < -0.4 is 5.32 Å². The molecule has 0 rings (SSSR count). The smallest absolute Gasteiger partial charge is 0.242 e. The molecular formula is C12H23N3O. The van der Waals surface area contributed by atoms with Crippen LogP contribution in [-0.4, -0.2) is 36.0 Å². The van der Waals surface area contributed by atoms with E-state index in [4.69, 9.17) is 5.26 Å². The summed E-state index contributed by atoms with van der Waals surface area (Å²) in [5.41, 5.74) is -0.556. The highest BCUT2D eigenvalue weighted by molar-refractivity contribution is 5.85. The fourth-order valence-electron chi connectivity index (χ4n) is 1.64. The number of nitrogens with one attached hydrogen (secondary N) is 1. The summed E-state index contributed by atoms with van der Waals surface area (Å²) in [4.78, 5) is 13.9. The predicted molar refractivity (Wildman–Crippen MR) is 64.8 cm³/mol. The number of nitriles is 1. The van der Waals surface area contributed by atoms with Crippen molar-refractivity contribution in [3.05, 3.63) is 0 Å². The van der Waals surface area contributed by atoms with E-state index in [0.29, 0.717) is 13.1 Å². The average molecular weight is 225 g/mol. The van der Waals surface area contributed by atoms with E-state index in [2.05, 4.69) is 11.4 Å². The van der Waals surface area contributed by atoms with E-state index in [-0.39, 0.29) is 11.8 Å². The van der Waals surface area contributed by atoms with Crippen molar-refractivity contribution in [1.29, 1.82) is 5.26 Å². The van der Waals surface area contributed by atoms with Crippen LogP contribution in [0.1, 0.15) is 34.6 Å². The molecule has 0 radical (unpaired) electrons. The summed E-state index contributed by atoms with van der Waals surface area (Å²) in [5, 5.41) is 11.9. The molecule has 0 bridgehead atoms. The van der Waals surface area contributed by atoms with Gasteiger partial charge in [0.05, 0.1) is 17.5 Å². The molecule has 0 saturated carbocycles. The third-order valence-electron chi connectivity index (χ3n) is 2.54. The van der Waals surface area contributed by atoms with Crippen LogP contribution in [-0.2, 0) is 4.79 Å². The van der Waals surface area contributed by atoms with Crippen LogP contribution in [0.3, 0.4) is 0 Å². The summed E-state index contributed by atoms with van der Waals surface area (Å²) in [6.07, 6.45) is 0. The number of nitrogens with zero attached hydrogens (tertiary/aromatic N) is 2. The van der Waals surface area contributed by atoms with E-state index >= 15 is 0 Å². The molecular weight excluding hydrogens is 202 g/mol. The minimum absolute atomic E-state index is 0.0546. The van der Waals surface area contributed by atoms with Crippen molar-refractivity contribution in [3.63, 3.8) is 0 Å². The molecule has 0 saturated heterocycles. The molecule has 92 valence electrons. The standard InChI is InChI=1S/C12H23N3O/c1-6-14-12(4,5)11(16)15(7-2)9-10(3)8-13/h10,14H,6-7,9H2,1-5H3. The first-order valence-corrected chi connectivity index (χ1v) is 5.83. The van der Waals surface area contributed by atoms with Gasteiger partial charge in [0.1, 0.15) is 0 Å². The van der Waals surface area contributed by atoms with E-state index in [9.17, 15) is 4.79 Å². The van der Waals surface area contributed by atoms with E-state index < -0.39 is 5.54 Å². The van der Waals surface area contributed by atoms with Crippen LogP contribution in [0.2, 0.25) is 0 Å².